The van der Waals surface area contributed by atoms with Crippen LogP contribution in [0.4, 0.5) is 34.1 Å². The number of azo groups is 1. The molecule has 6 N–H and O–H groups in total. The number of carbonyl (C=O) groups excluding carboxylic acids is 4. The Balaban J connectivity index is 0.00000492. The number of Topliss-reactive ketones (excluding diaryl/α,β-unsaturated/α-hetero) is 2. The number of nitrogens with zero attached hydrogens (tertiary/aromatic N) is 4. The van der Waals surface area contributed by atoms with Crippen LogP contribution in [0.25, 0.3) is 12.2 Å². The third-order valence-electron chi connectivity index (χ3n) is 11.0. The summed E-state index contributed by atoms with van der Waals surface area (Å²) in [5.74, 6) is -4.68. The molecule has 0 aromatic heterocycles. The third-order valence-corrected chi connectivity index (χ3v) is 15.0. The number of ketones is 2. The quantitative estimate of drug-likeness (QED) is 0.0342. The van der Waals surface area contributed by atoms with E-state index in [-0.39, 0.29) is 114 Å². The molecule has 388 valence electrons. The Labute approximate surface area is 488 Å². The Hall–Kier alpha value is -7.06. The van der Waals surface area contributed by atoms with Crippen molar-refractivity contribution in [2.75, 3.05) is 34.0 Å². The molecule has 0 spiro atoms. The minimum atomic E-state index is -5.11. The number of carbonyl (C=O) groups is 4. The van der Waals surface area contributed by atoms with E-state index < -0.39 is 107 Å². The summed E-state index contributed by atoms with van der Waals surface area (Å²) in [5.41, 5.74) is 3.01. The summed E-state index contributed by atoms with van der Waals surface area (Å²) in [6.07, 6.45) is 3.66. The maximum atomic E-state index is 13.5. The summed E-state index contributed by atoms with van der Waals surface area (Å²) >= 11 is 0. The second kappa shape index (κ2) is 23.5. The molecule has 6 aromatic carbocycles. The predicted octanol–water partition coefficient (Wildman–Crippen LogP) is -0.645. The van der Waals surface area contributed by atoms with Crippen molar-refractivity contribution in [2.24, 2.45) is 20.4 Å². The number of anilines is 4. The van der Waals surface area contributed by atoms with Gasteiger partial charge in [-0.2, -0.15) is 37.3 Å². The van der Waals surface area contributed by atoms with Crippen molar-refractivity contribution in [1.82, 2.24) is 0 Å². The average molecular weight is 1150 g/mol. The molecule has 0 bridgehead atoms. The van der Waals surface area contributed by atoms with E-state index in [0.29, 0.717) is 11.4 Å². The van der Waals surface area contributed by atoms with E-state index in [9.17, 15) is 72.2 Å². The standard InChI is InChI=1S/C48H36N8O16S4.2Na/c1-73(63,64)33-13-17-39(57)37(23-33)53-55-43-41(75(67,68)69)21-27-19-31(11-15-35(27)45(43)59)49-47(61)25-3-7-29(8-4-25)51-52-30-9-5-26(6-10-30)48(62)50-32-12-16-36-28(20-32)22-42(76(70,71)72)44(46(36)60)56-54-38-24-34(74(2,65)66)14-18-40(38)58;;/h3-24,53-54,57-58H,1-2H3,(H,49,61)(H,50,62)(H,67,68,69)(H,70,71,72);;/q;2*+1/p-2. The van der Waals surface area contributed by atoms with Crippen molar-refractivity contribution in [2.45, 2.75) is 9.79 Å². The molecule has 0 saturated carbocycles. The molecule has 2 amide bonds. The van der Waals surface area contributed by atoms with Gasteiger partial charge in [-0.1, -0.05) is 23.6 Å². The first-order valence-electron chi connectivity index (χ1n) is 21.3. The first-order valence-corrected chi connectivity index (χ1v) is 28.0. The van der Waals surface area contributed by atoms with Gasteiger partial charge in [0, 0.05) is 57.5 Å². The maximum absolute atomic E-state index is 13.5. The number of hydrazone groups is 2. The SMILES string of the molecule is CS(=O)(=O)c1ccc([O-])c(NN=C2C(=O)c3ccc(NC(=O)c4ccc(N=Nc5ccc(C(=O)Nc6ccc7c(c6)C=C(S(=O)(=O)O)C(=NNc6cc(S(C)(=O)=O)ccc6[O-])C7=O)cc5)cc4)cc3C=C2S(=O)(=O)O)c1.[Na+].[Na+]. The van der Waals surface area contributed by atoms with Gasteiger partial charge in [0.15, 0.2) is 31.1 Å². The van der Waals surface area contributed by atoms with Crippen LogP contribution in [0.15, 0.2) is 161 Å². The van der Waals surface area contributed by atoms with Crippen LogP contribution in [0.5, 0.6) is 11.5 Å². The molecule has 2 aliphatic rings. The largest absolute Gasteiger partial charge is 1.00 e. The Bertz CT molecular complexity index is 3890. The molecule has 0 fully saturated rings. The minimum Gasteiger partial charge on any atom is -0.871 e. The summed E-state index contributed by atoms with van der Waals surface area (Å²) in [5, 5.41) is 45.7. The Kier molecular flexibility index (Phi) is 18.1. The summed E-state index contributed by atoms with van der Waals surface area (Å²) in [6.45, 7) is 0. The van der Waals surface area contributed by atoms with Crippen LogP contribution in [-0.4, -0.2) is 90.1 Å². The minimum absolute atomic E-state index is 0. The van der Waals surface area contributed by atoms with Crippen molar-refractivity contribution in [1.29, 1.82) is 0 Å². The van der Waals surface area contributed by atoms with Crippen molar-refractivity contribution in [3.05, 3.63) is 165 Å². The van der Waals surface area contributed by atoms with Crippen LogP contribution in [0.2, 0.25) is 0 Å². The Morgan fingerprint density at radius 3 is 1.15 bits per heavy atom. The average Bonchev–Trinajstić information content (AvgIpc) is 3.48. The van der Waals surface area contributed by atoms with Crippen LogP contribution in [-0.2, 0) is 39.9 Å². The zero-order valence-corrected chi connectivity index (χ0v) is 48.0. The van der Waals surface area contributed by atoms with Gasteiger partial charge in [-0.3, -0.25) is 39.1 Å². The van der Waals surface area contributed by atoms with Crippen LogP contribution < -0.4 is 90.8 Å². The zero-order valence-electron chi connectivity index (χ0n) is 40.7. The molecule has 0 atom stereocenters. The monoisotopic (exact) mass is 1150 g/mol. The van der Waals surface area contributed by atoms with Crippen LogP contribution >= 0.6 is 0 Å². The van der Waals surface area contributed by atoms with Gasteiger partial charge in [0.05, 0.1) is 21.2 Å². The van der Waals surface area contributed by atoms with Gasteiger partial charge in [-0.25, -0.2) is 16.8 Å². The molecule has 0 aliphatic heterocycles. The topological polar surface area (TPSA) is 389 Å². The third kappa shape index (κ3) is 13.8. The van der Waals surface area contributed by atoms with Gasteiger partial charge in [0.2, 0.25) is 11.6 Å². The zero-order chi connectivity index (χ0) is 55.1. The molecule has 0 unspecified atom stereocenters. The molecule has 24 nitrogen and oxygen atoms in total. The molecular weight excluding hydrogens is 1120 g/mol. The van der Waals surface area contributed by atoms with Gasteiger partial charge in [0.1, 0.15) is 9.81 Å². The second-order valence-electron chi connectivity index (χ2n) is 16.4. The molecule has 2 aliphatic carbocycles. The van der Waals surface area contributed by atoms with Crippen molar-refractivity contribution in [3.63, 3.8) is 0 Å². The smallest absolute Gasteiger partial charge is 0.871 e. The number of benzene rings is 6. The maximum Gasteiger partial charge on any atom is 1.00 e. The number of allylic oxidation sites excluding steroid dienone is 2. The number of rotatable bonds is 14. The predicted molar refractivity (Wildman–Crippen MR) is 274 cm³/mol. The molecule has 0 radical (unpaired) electrons. The van der Waals surface area contributed by atoms with Crippen molar-refractivity contribution < 1.29 is 131 Å². The van der Waals surface area contributed by atoms with Crippen LogP contribution in [0.1, 0.15) is 52.6 Å². The number of nitrogens with one attached hydrogen (secondary N) is 4. The molecule has 8 rings (SSSR count). The summed E-state index contributed by atoms with van der Waals surface area (Å²) in [7, 11) is -17.7. The normalized spacial score (nSPS) is 14.5. The summed E-state index contributed by atoms with van der Waals surface area (Å²) in [4.78, 5) is 50.9. The van der Waals surface area contributed by atoms with E-state index in [1.165, 1.54) is 84.9 Å². The summed E-state index contributed by atoms with van der Waals surface area (Å²) < 4.78 is 117. The van der Waals surface area contributed by atoms with Gasteiger partial charge in [0.25, 0.3) is 32.1 Å². The van der Waals surface area contributed by atoms with Crippen molar-refractivity contribution >= 4 is 121 Å². The van der Waals surface area contributed by atoms with Crippen LogP contribution in [0, 0.1) is 0 Å². The number of hydrogen-bond donors (Lipinski definition) is 6. The number of amides is 2. The number of hydrogen-bond acceptors (Lipinski definition) is 20. The molecule has 0 heterocycles. The first kappa shape index (κ1) is 60.2. The van der Waals surface area contributed by atoms with Gasteiger partial charge < -0.3 is 20.8 Å². The van der Waals surface area contributed by atoms with Gasteiger partial charge in [-0.05, 0) is 132 Å². The van der Waals surface area contributed by atoms with E-state index in [0.717, 1.165) is 61.1 Å². The molecule has 6 aromatic rings. The van der Waals surface area contributed by atoms with Gasteiger partial charge in [-0.15, -0.1) is 0 Å². The molecule has 0 saturated heterocycles. The second-order valence-corrected chi connectivity index (χ2v) is 23.2. The Morgan fingerprint density at radius 2 is 0.833 bits per heavy atom. The number of fused-ring (bicyclic) bond motifs is 2. The molecular formula is C48H34N8Na2O16S4. The van der Waals surface area contributed by atoms with E-state index in [1.54, 1.807) is 0 Å². The summed E-state index contributed by atoms with van der Waals surface area (Å²) in [6, 6.07) is 25.3. The van der Waals surface area contributed by atoms with E-state index >= 15 is 0 Å². The van der Waals surface area contributed by atoms with E-state index in [2.05, 4.69) is 41.9 Å². The fourth-order valence-electron chi connectivity index (χ4n) is 7.20. The molecule has 30 heteroatoms. The fraction of sp³-hybridized carbons (Fsp3) is 0.0417. The van der Waals surface area contributed by atoms with Crippen molar-refractivity contribution in [3.8, 4) is 11.5 Å². The van der Waals surface area contributed by atoms with Crippen LogP contribution in [0.3, 0.4) is 0 Å². The fourth-order valence-corrected chi connectivity index (χ4v) is 9.82. The van der Waals surface area contributed by atoms with E-state index in [1.807, 2.05) is 0 Å². The number of sulfone groups is 2. The molecule has 78 heavy (non-hydrogen) atoms. The van der Waals surface area contributed by atoms with E-state index in [4.69, 9.17) is 0 Å². The van der Waals surface area contributed by atoms with Gasteiger partial charge >= 0.3 is 59.1 Å². The first-order chi connectivity index (χ1) is 35.6. The Morgan fingerprint density at radius 1 is 0.487 bits per heavy atom.